The zero-order valence-corrected chi connectivity index (χ0v) is 20.0. The Balaban J connectivity index is 1.33. The first-order chi connectivity index (χ1) is 16.5. The van der Waals surface area contributed by atoms with Crippen LogP contribution in [-0.2, 0) is 0 Å². The SMILES string of the molecule is COc1cc(/C=c2/sc3nc4ccccc4n3c2=O)ccc1OCCOc1cc(C)cc(C)c1. The van der Waals surface area contributed by atoms with E-state index < -0.39 is 0 Å². The van der Waals surface area contributed by atoms with Crippen LogP contribution in [0, 0.1) is 13.8 Å². The van der Waals surface area contributed by atoms with E-state index in [1.54, 1.807) is 11.5 Å². The molecule has 0 unspecified atom stereocenters. The Kier molecular flexibility index (Phi) is 5.94. The van der Waals surface area contributed by atoms with E-state index in [-0.39, 0.29) is 5.56 Å². The Hall–Kier alpha value is -3.84. The van der Waals surface area contributed by atoms with Crippen LogP contribution in [0.4, 0.5) is 0 Å². The number of hydrogen-bond donors (Lipinski definition) is 0. The molecule has 0 amide bonds. The van der Waals surface area contributed by atoms with Crippen molar-refractivity contribution in [2.75, 3.05) is 20.3 Å². The predicted molar refractivity (Wildman–Crippen MR) is 136 cm³/mol. The summed E-state index contributed by atoms with van der Waals surface area (Å²) >= 11 is 1.37. The minimum atomic E-state index is -0.0727. The van der Waals surface area contributed by atoms with Crippen LogP contribution in [0.1, 0.15) is 16.7 Å². The Morgan fingerprint density at radius 1 is 0.941 bits per heavy atom. The zero-order valence-electron chi connectivity index (χ0n) is 19.2. The zero-order chi connectivity index (χ0) is 23.7. The van der Waals surface area contributed by atoms with Crippen molar-refractivity contribution in [3.63, 3.8) is 0 Å². The third-order valence-electron chi connectivity index (χ3n) is 5.44. The van der Waals surface area contributed by atoms with Gasteiger partial charge in [-0.3, -0.25) is 4.79 Å². The maximum atomic E-state index is 13.0. The van der Waals surface area contributed by atoms with E-state index in [9.17, 15) is 4.79 Å². The second-order valence-electron chi connectivity index (χ2n) is 8.06. The highest BCUT2D eigenvalue weighted by Gasteiger charge is 2.11. The lowest BCUT2D eigenvalue weighted by Gasteiger charge is -2.12. The molecular weight excluding hydrogens is 448 g/mol. The largest absolute Gasteiger partial charge is 0.493 e. The van der Waals surface area contributed by atoms with Crippen molar-refractivity contribution in [3.05, 3.63) is 92.2 Å². The third kappa shape index (κ3) is 4.34. The van der Waals surface area contributed by atoms with E-state index >= 15 is 0 Å². The molecule has 34 heavy (non-hydrogen) atoms. The van der Waals surface area contributed by atoms with Gasteiger partial charge in [-0.2, -0.15) is 0 Å². The fraction of sp³-hybridized carbons (Fsp3) is 0.185. The number of thiazole rings is 1. The quantitative estimate of drug-likeness (QED) is 0.326. The highest BCUT2D eigenvalue weighted by Crippen LogP contribution is 2.28. The number of methoxy groups -OCH3 is 1. The number of fused-ring (bicyclic) bond motifs is 3. The van der Waals surface area contributed by atoms with Crippen molar-refractivity contribution < 1.29 is 14.2 Å². The van der Waals surface area contributed by atoms with Crippen molar-refractivity contribution in [2.45, 2.75) is 13.8 Å². The topological polar surface area (TPSA) is 62.1 Å². The Bertz CT molecular complexity index is 1580. The van der Waals surface area contributed by atoms with Crippen molar-refractivity contribution in [3.8, 4) is 17.2 Å². The molecule has 0 radical (unpaired) electrons. The highest BCUT2D eigenvalue weighted by molar-refractivity contribution is 7.15. The smallest absolute Gasteiger partial charge is 0.274 e. The van der Waals surface area contributed by atoms with Crippen molar-refractivity contribution in [1.29, 1.82) is 0 Å². The summed E-state index contributed by atoms with van der Waals surface area (Å²) in [7, 11) is 1.60. The van der Waals surface area contributed by atoms with Gasteiger partial charge in [0.1, 0.15) is 19.0 Å². The molecule has 0 aliphatic rings. The molecule has 7 heteroatoms. The van der Waals surface area contributed by atoms with Gasteiger partial charge < -0.3 is 14.2 Å². The summed E-state index contributed by atoms with van der Waals surface area (Å²) in [6.45, 7) is 4.90. The molecule has 172 valence electrons. The number of rotatable bonds is 7. The lowest BCUT2D eigenvalue weighted by Crippen LogP contribution is -2.22. The van der Waals surface area contributed by atoms with Gasteiger partial charge in [-0.05, 0) is 73.0 Å². The molecule has 2 heterocycles. The maximum absolute atomic E-state index is 13.0. The highest BCUT2D eigenvalue weighted by atomic mass is 32.1. The van der Waals surface area contributed by atoms with Crippen LogP contribution in [0.15, 0.2) is 65.5 Å². The van der Waals surface area contributed by atoms with Gasteiger partial charge in [0.05, 0.1) is 22.7 Å². The molecule has 2 aromatic heterocycles. The molecule has 5 aromatic rings. The minimum absolute atomic E-state index is 0.0727. The molecule has 5 rings (SSSR count). The fourth-order valence-corrected chi connectivity index (χ4v) is 4.97. The third-order valence-corrected chi connectivity index (χ3v) is 6.40. The Labute approximate surface area is 200 Å². The van der Waals surface area contributed by atoms with Gasteiger partial charge in [-0.1, -0.05) is 35.6 Å². The monoisotopic (exact) mass is 472 g/mol. The van der Waals surface area contributed by atoms with Crippen LogP contribution < -0.4 is 24.3 Å². The van der Waals surface area contributed by atoms with E-state index in [0.29, 0.717) is 34.2 Å². The lowest BCUT2D eigenvalue weighted by molar-refractivity contribution is 0.211. The molecule has 0 bridgehead atoms. The van der Waals surface area contributed by atoms with E-state index in [1.165, 1.54) is 11.3 Å². The number of ether oxygens (including phenoxy) is 3. The van der Waals surface area contributed by atoms with E-state index in [2.05, 4.69) is 11.1 Å². The van der Waals surface area contributed by atoms with Crippen LogP contribution >= 0.6 is 11.3 Å². The standard InChI is InChI=1S/C27H24N2O4S/c1-17-12-18(2)14-20(13-17)32-10-11-33-23-9-8-19(15-24(23)31-3)16-25-26(30)29-22-7-5-4-6-21(22)28-27(29)34-25/h4-9,12-16H,10-11H2,1-3H3/b25-16+. The number of benzene rings is 3. The first kappa shape index (κ1) is 22.0. The number of aromatic nitrogens is 2. The van der Waals surface area contributed by atoms with E-state index in [1.807, 2.05) is 74.5 Å². The average molecular weight is 473 g/mol. The number of nitrogens with zero attached hydrogens (tertiary/aromatic N) is 2. The molecule has 0 aliphatic heterocycles. The summed E-state index contributed by atoms with van der Waals surface area (Å²) in [5.41, 5.74) is 4.75. The first-order valence-electron chi connectivity index (χ1n) is 11.0. The Morgan fingerprint density at radius 3 is 2.50 bits per heavy atom. The first-order valence-corrected chi connectivity index (χ1v) is 11.8. The molecule has 0 saturated carbocycles. The molecule has 0 aliphatic carbocycles. The van der Waals surface area contributed by atoms with E-state index in [4.69, 9.17) is 14.2 Å². The molecule has 3 aromatic carbocycles. The second kappa shape index (κ2) is 9.19. The van der Waals surface area contributed by atoms with Crippen molar-refractivity contribution in [2.24, 2.45) is 0 Å². The summed E-state index contributed by atoms with van der Waals surface area (Å²) in [6.07, 6.45) is 1.85. The van der Waals surface area contributed by atoms with Crippen molar-refractivity contribution in [1.82, 2.24) is 9.38 Å². The van der Waals surface area contributed by atoms with Gasteiger partial charge in [-0.25, -0.2) is 9.38 Å². The fourth-order valence-electron chi connectivity index (χ4n) is 3.98. The van der Waals surface area contributed by atoms with Crippen LogP contribution in [0.3, 0.4) is 0 Å². The molecule has 0 spiro atoms. The summed E-state index contributed by atoms with van der Waals surface area (Å²) < 4.78 is 19.5. The summed E-state index contributed by atoms with van der Waals surface area (Å²) in [5.74, 6) is 2.05. The number of para-hydroxylation sites is 2. The molecule has 0 atom stereocenters. The van der Waals surface area contributed by atoms with Gasteiger partial charge in [0.15, 0.2) is 16.5 Å². The van der Waals surface area contributed by atoms with Gasteiger partial charge in [0, 0.05) is 0 Å². The molecule has 6 nitrogen and oxygen atoms in total. The van der Waals surface area contributed by atoms with Gasteiger partial charge in [0.2, 0.25) is 0 Å². The van der Waals surface area contributed by atoms with Crippen LogP contribution in [0.2, 0.25) is 0 Å². The van der Waals surface area contributed by atoms with Crippen LogP contribution in [0.25, 0.3) is 22.1 Å². The lowest BCUT2D eigenvalue weighted by atomic mass is 10.1. The summed E-state index contributed by atoms with van der Waals surface area (Å²) in [5, 5.41) is 0. The molecule has 0 saturated heterocycles. The Morgan fingerprint density at radius 2 is 1.71 bits per heavy atom. The minimum Gasteiger partial charge on any atom is -0.493 e. The van der Waals surface area contributed by atoms with E-state index in [0.717, 1.165) is 33.5 Å². The van der Waals surface area contributed by atoms with Crippen LogP contribution in [0.5, 0.6) is 17.2 Å². The second-order valence-corrected chi connectivity index (χ2v) is 9.07. The predicted octanol–water partition coefficient (Wildman–Crippen LogP) is 4.54. The van der Waals surface area contributed by atoms with Gasteiger partial charge in [0.25, 0.3) is 5.56 Å². The number of aryl methyl sites for hydroxylation is 2. The summed E-state index contributed by atoms with van der Waals surface area (Å²) in [4.78, 5) is 18.2. The van der Waals surface area contributed by atoms with Gasteiger partial charge >= 0.3 is 0 Å². The van der Waals surface area contributed by atoms with Crippen LogP contribution in [-0.4, -0.2) is 29.7 Å². The molecule has 0 N–H and O–H groups in total. The average Bonchev–Trinajstić information content (AvgIpc) is 3.32. The number of hydrogen-bond acceptors (Lipinski definition) is 6. The normalized spacial score (nSPS) is 11.9. The summed E-state index contributed by atoms with van der Waals surface area (Å²) in [6, 6.07) is 19.4. The van der Waals surface area contributed by atoms with Gasteiger partial charge in [-0.15, -0.1) is 0 Å². The molecular formula is C27H24N2O4S. The number of imidazole rings is 1. The molecule has 0 fully saturated rings. The maximum Gasteiger partial charge on any atom is 0.274 e. The van der Waals surface area contributed by atoms with Crippen molar-refractivity contribution >= 4 is 33.4 Å².